The van der Waals surface area contributed by atoms with E-state index in [1.54, 1.807) is 5.32 Å². The maximum absolute atomic E-state index is 12.3. The van der Waals surface area contributed by atoms with Crippen LogP contribution in [0.4, 0.5) is 24.5 Å². The summed E-state index contributed by atoms with van der Waals surface area (Å²) in [6.07, 6.45) is -1.16. The van der Waals surface area contributed by atoms with Crippen LogP contribution in [0.2, 0.25) is 0 Å². The molecule has 2 N–H and O–H groups in total. The number of hydrogen-bond acceptors (Lipinski definition) is 4. The van der Waals surface area contributed by atoms with Crippen molar-refractivity contribution in [2.24, 2.45) is 0 Å². The van der Waals surface area contributed by atoms with Crippen LogP contribution in [0.5, 0.6) is 0 Å². The number of alkyl halides is 3. The van der Waals surface area contributed by atoms with E-state index in [2.05, 4.69) is 15.3 Å². The second kappa shape index (κ2) is 6.20. The highest BCUT2D eigenvalue weighted by atomic mass is 19.4. The van der Waals surface area contributed by atoms with Crippen LogP contribution >= 0.6 is 0 Å². The summed E-state index contributed by atoms with van der Waals surface area (Å²) in [7, 11) is 0. The first-order valence-electron chi connectivity index (χ1n) is 5.92. The van der Waals surface area contributed by atoms with Crippen LogP contribution in [0.15, 0.2) is 42.9 Å². The molecule has 0 bridgehead atoms. The third-order valence-electron chi connectivity index (χ3n) is 2.48. The van der Waals surface area contributed by atoms with E-state index in [1.165, 1.54) is 42.9 Å². The summed E-state index contributed by atoms with van der Waals surface area (Å²) in [5, 5.41) is 4.05. The summed E-state index contributed by atoms with van der Waals surface area (Å²) in [6.45, 7) is 0. The van der Waals surface area contributed by atoms with Gasteiger partial charge < -0.3 is 10.6 Å². The predicted octanol–water partition coefficient (Wildman–Crippen LogP) is 2.23. The van der Waals surface area contributed by atoms with Crippen molar-refractivity contribution in [2.45, 2.75) is 6.18 Å². The second-order valence-electron chi connectivity index (χ2n) is 4.04. The van der Waals surface area contributed by atoms with Crippen molar-refractivity contribution in [1.29, 1.82) is 0 Å². The van der Waals surface area contributed by atoms with Crippen molar-refractivity contribution in [2.75, 3.05) is 10.6 Å². The molecule has 22 heavy (non-hydrogen) atoms. The summed E-state index contributed by atoms with van der Waals surface area (Å²) in [6, 6.07) is 5.50. The monoisotopic (exact) mass is 310 g/mol. The molecule has 0 radical (unpaired) electrons. The molecule has 0 spiro atoms. The molecule has 0 atom stereocenters. The SMILES string of the molecule is O=C(Nc1ccccc1NC(=O)C(F)(F)F)c1cnccn1. The van der Waals surface area contributed by atoms with Gasteiger partial charge in [0.25, 0.3) is 5.91 Å². The largest absolute Gasteiger partial charge is 0.471 e. The number of nitrogens with zero attached hydrogens (tertiary/aromatic N) is 2. The van der Waals surface area contributed by atoms with E-state index in [1.807, 2.05) is 0 Å². The molecule has 0 aliphatic rings. The van der Waals surface area contributed by atoms with Crippen LogP contribution < -0.4 is 10.6 Å². The Bertz CT molecular complexity index is 689. The molecule has 114 valence electrons. The van der Waals surface area contributed by atoms with Gasteiger partial charge in [-0.25, -0.2) is 4.98 Å². The summed E-state index contributed by atoms with van der Waals surface area (Å²) in [5.41, 5.74) is -0.183. The third kappa shape index (κ3) is 3.78. The molecule has 2 aromatic rings. The van der Waals surface area contributed by atoms with Gasteiger partial charge in [0.1, 0.15) is 5.69 Å². The fourth-order valence-electron chi connectivity index (χ4n) is 1.50. The molecule has 2 amide bonds. The molecule has 1 aromatic heterocycles. The quantitative estimate of drug-likeness (QED) is 0.910. The summed E-state index contributed by atoms with van der Waals surface area (Å²) in [5.74, 6) is -2.80. The van der Waals surface area contributed by atoms with Gasteiger partial charge in [-0.1, -0.05) is 12.1 Å². The Hall–Kier alpha value is -2.97. The van der Waals surface area contributed by atoms with E-state index < -0.39 is 18.0 Å². The summed E-state index contributed by atoms with van der Waals surface area (Å²) in [4.78, 5) is 30.3. The highest BCUT2D eigenvalue weighted by molar-refractivity contribution is 6.06. The lowest BCUT2D eigenvalue weighted by molar-refractivity contribution is -0.167. The normalized spacial score (nSPS) is 10.9. The van der Waals surface area contributed by atoms with Gasteiger partial charge in [-0.05, 0) is 12.1 Å². The first-order chi connectivity index (χ1) is 10.4. The van der Waals surface area contributed by atoms with Gasteiger partial charge in [0, 0.05) is 12.4 Å². The fraction of sp³-hybridized carbons (Fsp3) is 0.0769. The van der Waals surface area contributed by atoms with Crippen LogP contribution in [0, 0.1) is 0 Å². The molecule has 0 saturated heterocycles. The Kier molecular flexibility index (Phi) is 4.35. The van der Waals surface area contributed by atoms with Crippen molar-refractivity contribution in [3.8, 4) is 0 Å². The number of carbonyl (C=O) groups is 2. The van der Waals surface area contributed by atoms with Gasteiger partial charge in [0.15, 0.2) is 0 Å². The number of benzene rings is 1. The van der Waals surface area contributed by atoms with Crippen molar-refractivity contribution in [3.63, 3.8) is 0 Å². The number of anilines is 2. The summed E-state index contributed by atoms with van der Waals surface area (Å²) < 4.78 is 36.8. The van der Waals surface area contributed by atoms with Gasteiger partial charge >= 0.3 is 12.1 Å². The molecule has 0 fully saturated rings. The van der Waals surface area contributed by atoms with Crippen LogP contribution in [0.1, 0.15) is 10.5 Å². The molecule has 1 aromatic carbocycles. The van der Waals surface area contributed by atoms with Crippen LogP contribution in [0.3, 0.4) is 0 Å². The number of amides is 2. The molecule has 6 nitrogen and oxygen atoms in total. The van der Waals surface area contributed by atoms with E-state index in [-0.39, 0.29) is 17.1 Å². The molecule has 0 aliphatic carbocycles. The van der Waals surface area contributed by atoms with E-state index in [4.69, 9.17) is 0 Å². The number of hydrogen-bond donors (Lipinski definition) is 2. The first kappa shape index (κ1) is 15.4. The maximum atomic E-state index is 12.3. The fourth-order valence-corrected chi connectivity index (χ4v) is 1.50. The standard InChI is InChI=1S/C13H9F3N4O2/c14-13(15,16)12(22)20-9-4-2-1-3-8(9)19-11(21)10-7-17-5-6-18-10/h1-7H,(H,19,21)(H,20,22). The molecule has 0 aliphatic heterocycles. The third-order valence-corrected chi connectivity index (χ3v) is 2.48. The van der Waals surface area contributed by atoms with E-state index in [9.17, 15) is 22.8 Å². The van der Waals surface area contributed by atoms with Crippen molar-refractivity contribution >= 4 is 23.2 Å². The van der Waals surface area contributed by atoms with Gasteiger partial charge in [-0.2, -0.15) is 13.2 Å². The zero-order valence-corrected chi connectivity index (χ0v) is 10.9. The van der Waals surface area contributed by atoms with E-state index >= 15 is 0 Å². The number of rotatable bonds is 3. The number of aromatic nitrogens is 2. The zero-order chi connectivity index (χ0) is 16.2. The molecule has 1 heterocycles. The zero-order valence-electron chi connectivity index (χ0n) is 10.9. The van der Waals surface area contributed by atoms with Crippen molar-refractivity contribution in [3.05, 3.63) is 48.5 Å². The van der Waals surface area contributed by atoms with Gasteiger partial charge in [0.2, 0.25) is 0 Å². The van der Waals surface area contributed by atoms with Crippen molar-refractivity contribution in [1.82, 2.24) is 9.97 Å². The molecule has 0 unspecified atom stereocenters. The number of carbonyl (C=O) groups excluding carboxylic acids is 2. The minimum absolute atomic E-state index is 0.00996. The Morgan fingerprint density at radius 3 is 2.18 bits per heavy atom. The second-order valence-corrected chi connectivity index (χ2v) is 4.04. The minimum atomic E-state index is -5.03. The molecular weight excluding hydrogens is 301 g/mol. The summed E-state index contributed by atoms with van der Waals surface area (Å²) >= 11 is 0. The number of halogens is 3. The van der Waals surface area contributed by atoms with Gasteiger partial charge in [-0.15, -0.1) is 0 Å². The smallest absolute Gasteiger partial charge is 0.319 e. The lowest BCUT2D eigenvalue weighted by Gasteiger charge is -2.13. The number of nitrogens with one attached hydrogen (secondary N) is 2. The Morgan fingerprint density at radius 2 is 1.64 bits per heavy atom. The Morgan fingerprint density at radius 1 is 1.00 bits per heavy atom. The van der Waals surface area contributed by atoms with Crippen LogP contribution in [-0.4, -0.2) is 28.0 Å². The highest BCUT2D eigenvalue weighted by Gasteiger charge is 2.39. The topological polar surface area (TPSA) is 84.0 Å². The molecule has 0 saturated carbocycles. The average Bonchev–Trinajstić information content (AvgIpc) is 2.49. The molecule has 9 heteroatoms. The van der Waals surface area contributed by atoms with E-state index in [0.29, 0.717) is 0 Å². The van der Waals surface area contributed by atoms with Crippen LogP contribution in [-0.2, 0) is 4.79 Å². The van der Waals surface area contributed by atoms with E-state index in [0.717, 1.165) is 0 Å². The van der Waals surface area contributed by atoms with Crippen molar-refractivity contribution < 1.29 is 22.8 Å². The van der Waals surface area contributed by atoms with Gasteiger partial charge in [0.05, 0.1) is 17.6 Å². The number of para-hydroxylation sites is 2. The van der Waals surface area contributed by atoms with Crippen LogP contribution in [0.25, 0.3) is 0 Å². The first-order valence-corrected chi connectivity index (χ1v) is 5.92. The Labute approximate surface area is 122 Å². The molecular formula is C13H9F3N4O2. The lowest BCUT2D eigenvalue weighted by Crippen LogP contribution is -2.30. The highest BCUT2D eigenvalue weighted by Crippen LogP contribution is 2.24. The Balaban J connectivity index is 2.19. The predicted molar refractivity (Wildman–Crippen MR) is 71.1 cm³/mol. The lowest BCUT2D eigenvalue weighted by atomic mass is 10.2. The minimum Gasteiger partial charge on any atom is -0.319 e. The maximum Gasteiger partial charge on any atom is 0.471 e. The van der Waals surface area contributed by atoms with Gasteiger partial charge in [-0.3, -0.25) is 14.6 Å². The molecule has 2 rings (SSSR count). The average molecular weight is 310 g/mol.